The fourth-order valence-corrected chi connectivity index (χ4v) is 3.06. The quantitative estimate of drug-likeness (QED) is 0.694. The van der Waals surface area contributed by atoms with Gasteiger partial charge in [0, 0.05) is 18.6 Å². The molecule has 5 nitrogen and oxygen atoms in total. The molecule has 0 aromatic heterocycles. The smallest absolute Gasteiger partial charge is 0.242 e. The maximum Gasteiger partial charge on any atom is 0.242 e. The fourth-order valence-electron chi connectivity index (χ4n) is 1.46. The van der Waals surface area contributed by atoms with Crippen molar-refractivity contribution in [3.8, 4) is 0 Å². The van der Waals surface area contributed by atoms with Crippen LogP contribution in [0.4, 0.5) is 5.69 Å². The largest absolute Gasteiger partial charge is 0.398 e. The van der Waals surface area contributed by atoms with Crippen LogP contribution in [0.25, 0.3) is 0 Å². The lowest BCUT2D eigenvalue weighted by Crippen LogP contribution is -2.36. The minimum absolute atomic E-state index is 0.0984. The molecule has 1 aromatic carbocycles. The Bertz CT molecular complexity index is 504. The summed E-state index contributed by atoms with van der Waals surface area (Å²) in [6.07, 6.45) is 0. The van der Waals surface area contributed by atoms with Gasteiger partial charge in [0.25, 0.3) is 0 Å². The van der Waals surface area contributed by atoms with Crippen LogP contribution in [-0.2, 0) is 10.0 Å². The molecular formula is C12H20N2O3S. The van der Waals surface area contributed by atoms with Crippen molar-refractivity contribution in [3.05, 3.63) is 23.8 Å². The van der Waals surface area contributed by atoms with Crippen molar-refractivity contribution in [1.29, 1.82) is 0 Å². The lowest BCUT2D eigenvalue weighted by Gasteiger charge is -2.22. The molecule has 0 radical (unpaired) electrons. The Labute approximate surface area is 108 Å². The molecule has 0 aliphatic rings. The maximum absolute atomic E-state index is 12.2. The molecule has 0 atom stereocenters. The summed E-state index contributed by atoms with van der Waals surface area (Å²) in [5, 5.41) is 9.11. The van der Waals surface area contributed by atoms with Crippen molar-refractivity contribution >= 4 is 15.7 Å². The van der Waals surface area contributed by atoms with E-state index in [0.717, 1.165) is 0 Å². The van der Waals surface area contributed by atoms with Crippen molar-refractivity contribution in [2.75, 3.05) is 18.9 Å². The first-order valence-electron chi connectivity index (χ1n) is 5.65. The van der Waals surface area contributed by atoms with Crippen LogP contribution in [0.2, 0.25) is 0 Å². The molecule has 0 bridgehead atoms. The molecule has 1 rings (SSSR count). The van der Waals surface area contributed by atoms with Gasteiger partial charge in [-0.05, 0) is 18.6 Å². The van der Waals surface area contributed by atoms with Gasteiger partial charge in [-0.3, -0.25) is 0 Å². The van der Waals surface area contributed by atoms with E-state index in [4.69, 9.17) is 10.8 Å². The Kier molecular flexibility index (Phi) is 4.37. The van der Waals surface area contributed by atoms with Crippen LogP contribution in [0.3, 0.4) is 0 Å². The van der Waals surface area contributed by atoms with Crippen LogP contribution in [0.5, 0.6) is 0 Å². The zero-order valence-electron chi connectivity index (χ0n) is 10.9. The number of sulfonamides is 1. The van der Waals surface area contributed by atoms with Gasteiger partial charge in [-0.1, -0.05) is 26.0 Å². The molecule has 0 spiro atoms. The van der Waals surface area contributed by atoms with E-state index in [9.17, 15) is 8.42 Å². The molecule has 6 heteroatoms. The highest BCUT2D eigenvalue weighted by Gasteiger charge is 2.24. The van der Waals surface area contributed by atoms with Gasteiger partial charge in [0.1, 0.15) is 4.90 Å². The number of rotatable bonds is 5. The van der Waals surface area contributed by atoms with Gasteiger partial charge in [-0.15, -0.1) is 0 Å². The van der Waals surface area contributed by atoms with Crippen LogP contribution < -0.4 is 10.5 Å². The summed E-state index contributed by atoms with van der Waals surface area (Å²) < 4.78 is 26.8. The zero-order valence-corrected chi connectivity index (χ0v) is 11.7. The lowest BCUT2D eigenvalue weighted by molar-refractivity contribution is 0.163. The van der Waals surface area contributed by atoms with E-state index >= 15 is 0 Å². The Hall–Kier alpha value is -1.11. The second kappa shape index (κ2) is 5.26. The number of hydrogen-bond acceptors (Lipinski definition) is 4. The SMILES string of the molecule is Cc1cccc(N)c1S(=O)(=O)NCC(C)(C)CO. The number of benzene rings is 1. The highest BCUT2D eigenvalue weighted by atomic mass is 32.2. The first-order valence-corrected chi connectivity index (χ1v) is 7.13. The van der Waals surface area contributed by atoms with Crippen molar-refractivity contribution in [2.45, 2.75) is 25.7 Å². The molecule has 4 N–H and O–H groups in total. The molecule has 0 fully saturated rings. The standard InChI is InChI=1S/C12H20N2O3S/c1-9-5-4-6-10(13)11(9)18(16,17)14-7-12(2,3)8-15/h4-6,14-15H,7-8,13H2,1-3H3. The Morgan fingerprint density at radius 1 is 1.39 bits per heavy atom. The summed E-state index contributed by atoms with van der Waals surface area (Å²) >= 11 is 0. The topological polar surface area (TPSA) is 92.4 Å². The molecule has 0 saturated heterocycles. The van der Waals surface area contributed by atoms with Crippen molar-refractivity contribution in [3.63, 3.8) is 0 Å². The number of aryl methyl sites for hydroxylation is 1. The number of nitrogens with two attached hydrogens (primary N) is 1. The average Bonchev–Trinajstić information content (AvgIpc) is 2.26. The van der Waals surface area contributed by atoms with Crippen molar-refractivity contribution < 1.29 is 13.5 Å². The second-order valence-corrected chi connectivity index (χ2v) is 6.84. The molecule has 0 amide bonds. The minimum atomic E-state index is -3.65. The van der Waals surface area contributed by atoms with E-state index < -0.39 is 15.4 Å². The van der Waals surface area contributed by atoms with E-state index in [1.165, 1.54) is 0 Å². The Balaban J connectivity index is 3.01. The van der Waals surface area contributed by atoms with Gasteiger partial charge in [-0.25, -0.2) is 13.1 Å². The molecule has 0 heterocycles. The van der Waals surface area contributed by atoms with Crippen LogP contribution in [0.15, 0.2) is 23.1 Å². The first kappa shape index (κ1) is 14.9. The van der Waals surface area contributed by atoms with E-state index in [2.05, 4.69) is 4.72 Å². The number of anilines is 1. The summed E-state index contributed by atoms with van der Waals surface area (Å²) in [4.78, 5) is 0.110. The third-order valence-corrected chi connectivity index (χ3v) is 4.30. The molecule has 1 aromatic rings. The lowest BCUT2D eigenvalue weighted by atomic mass is 9.96. The number of aliphatic hydroxyl groups excluding tert-OH is 1. The summed E-state index contributed by atoms with van der Waals surface area (Å²) in [7, 11) is -3.65. The van der Waals surface area contributed by atoms with E-state index in [0.29, 0.717) is 5.56 Å². The number of nitrogens with one attached hydrogen (secondary N) is 1. The summed E-state index contributed by atoms with van der Waals surface area (Å²) in [5.41, 5.74) is 6.03. The Morgan fingerprint density at radius 3 is 2.50 bits per heavy atom. The molecule has 0 aliphatic carbocycles. The Morgan fingerprint density at radius 2 is 2.00 bits per heavy atom. The second-order valence-electron chi connectivity index (χ2n) is 5.14. The van der Waals surface area contributed by atoms with E-state index in [1.54, 1.807) is 39.0 Å². The van der Waals surface area contributed by atoms with Gasteiger partial charge in [0.05, 0.1) is 5.69 Å². The fraction of sp³-hybridized carbons (Fsp3) is 0.500. The van der Waals surface area contributed by atoms with Crippen molar-refractivity contribution in [2.24, 2.45) is 5.41 Å². The van der Waals surface area contributed by atoms with E-state index in [1.807, 2.05) is 0 Å². The van der Waals surface area contributed by atoms with Crippen LogP contribution >= 0.6 is 0 Å². The average molecular weight is 272 g/mol. The molecule has 102 valence electrons. The van der Waals surface area contributed by atoms with Gasteiger partial charge in [0.15, 0.2) is 0 Å². The number of nitrogen functional groups attached to an aromatic ring is 1. The minimum Gasteiger partial charge on any atom is -0.398 e. The first-order chi connectivity index (χ1) is 8.19. The van der Waals surface area contributed by atoms with Gasteiger partial charge < -0.3 is 10.8 Å². The summed E-state index contributed by atoms with van der Waals surface area (Å²) in [6, 6.07) is 4.96. The maximum atomic E-state index is 12.2. The highest BCUT2D eigenvalue weighted by Crippen LogP contribution is 2.23. The van der Waals surface area contributed by atoms with Crippen molar-refractivity contribution in [1.82, 2.24) is 4.72 Å². The molecule has 18 heavy (non-hydrogen) atoms. The monoisotopic (exact) mass is 272 g/mol. The van der Waals surface area contributed by atoms with E-state index in [-0.39, 0.29) is 23.7 Å². The van der Waals surface area contributed by atoms with Gasteiger partial charge in [0.2, 0.25) is 10.0 Å². The van der Waals surface area contributed by atoms with Gasteiger partial charge in [-0.2, -0.15) is 0 Å². The van der Waals surface area contributed by atoms with Crippen LogP contribution in [0, 0.1) is 12.3 Å². The third kappa shape index (κ3) is 3.44. The third-order valence-electron chi connectivity index (χ3n) is 2.68. The summed E-state index contributed by atoms with van der Waals surface area (Å²) in [5.74, 6) is 0. The molecule has 0 aliphatic heterocycles. The summed E-state index contributed by atoms with van der Waals surface area (Å²) in [6.45, 7) is 5.30. The zero-order chi connectivity index (χ0) is 14.0. The van der Waals surface area contributed by atoms with Gasteiger partial charge >= 0.3 is 0 Å². The predicted molar refractivity (Wildman–Crippen MR) is 71.6 cm³/mol. The molecular weight excluding hydrogens is 252 g/mol. The van der Waals surface area contributed by atoms with Crippen LogP contribution in [-0.4, -0.2) is 26.7 Å². The molecule has 0 saturated carbocycles. The number of aliphatic hydroxyl groups is 1. The normalized spacial score (nSPS) is 12.7. The predicted octanol–water partition coefficient (Wildman–Crippen LogP) is 0.874. The highest BCUT2D eigenvalue weighted by molar-refractivity contribution is 7.89. The van der Waals surface area contributed by atoms with Crippen LogP contribution in [0.1, 0.15) is 19.4 Å². The number of hydrogen-bond donors (Lipinski definition) is 3. The molecule has 0 unspecified atom stereocenters.